The van der Waals surface area contributed by atoms with E-state index >= 15 is 0 Å². The highest BCUT2D eigenvalue weighted by Gasteiger charge is 2.36. The third-order valence-electron chi connectivity index (χ3n) is 3.56. The lowest BCUT2D eigenvalue weighted by Crippen LogP contribution is -2.32. The topological polar surface area (TPSA) is 39.2 Å². The molecule has 0 aromatic carbocycles. The molecule has 14 heavy (non-hydrogen) atoms. The molecule has 1 aromatic heterocycles. The molecule has 1 aromatic rings. The number of rotatable bonds is 2. The van der Waals surface area contributed by atoms with Crippen LogP contribution in [-0.4, -0.2) is 6.54 Å². The van der Waals surface area contributed by atoms with Crippen LogP contribution in [0.1, 0.15) is 42.8 Å². The molecule has 1 heterocycles. The lowest BCUT2D eigenvalue weighted by molar-refractivity contribution is 0.431. The third kappa shape index (κ3) is 1.38. The van der Waals surface area contributed by atoms with Gasteiger partial charge in [-0.25, -0.2) is 0 Å². The van der Waals surface area contributed by atoms with Gasteiger partial charge in [-0.05, 0) is 32.8 Å². The summed E-state index contributed by atoms with van der Waals surface area (Å²) in [5, 5.41) is 0. The van der Waals surface area contributed by atoms with Crippen LogP contribution in [0.4, 0.5) is 0 Å². The molecule has 0 unspecified atom stereocenters. The van der Waals surface area contributed by atoms with Crippen molar-refractivity contribution in [3.05, 3.63) is 23.2 Å². The van der Waals surface area contributed by atoms with Gasteiger partial charge in [-0.15, -0.1) is 0 Å². The quantitative estimate of drug-likeness (QED) is 0.784. The second-order valence-electron chi connectivity index (χ2n) is 4.52. The zero-order chi connectivity index (χ0) is 10.2. The summed E-state index contributed by atoms with van der Waals surface area (Å²) < 4.78 is 5.60. The summed E-state index contributed by atoms with van der Waals surface area (Å²) in [4.78, 5) is 0. The van der Waals surface area contributed by atoms with Gasteiger partial charge in [0.1, 0.15) is 11.5 Å². The van der Waals surface area contributed by atoms with Crippen LogP contribution >= 0.6 is 0 Å². The summed E-state index contributed by atoms with van der Waals surface area (Å²) >= 11 is 0. The summed E-state index contributed by atoms with van der Waals surface area (Å²) in [5.41, 5.74) is 7.52. The monoisotopic (exact) mass is 193 g/mol. The van der Waals surface area contributed by atoms with Crippen molar-refractivity contribution in [3.8, 4) is 0 Å². The Kier molecular flexibility index (Phi) is 2.40. The SMILES string of the molecule is Cc1cc(C2(CN)CCCC2)c(C)o1. The number of nitrogens with two attached hydrogens (primary N) is 1. The average molecular weight is 193 g/mol. The van der Waals surface area contributed by atoms with Crippen LogP contribution in [0.5, 0.6) is 0 Å². The fourth-order valence-corrected chi connectivity index (χ4v) is 2.79. The Balaban J connectivity index is 2.40. The van der Waals surface area contributed by atoms with E-state index in [4.69, 9.17) is 10.2 Å². The van der Waals surface area contributed by atoms with Crippen LogP contribution in [0, 0.1) is 13.8 Å². The molecule has 2 N–H and O–H groups in total. The molecule has 78 valence electrons. The smallest absolute Gasteiger partial charge is 0.104 e. The number of hydrogen-bond acceptors (Lipinski definition) is 2. The van der Waals surface area contributed by atoms with E-state index < -0.39 is 0 Å². The van der Waals surface area contributed by atoms with Crippen molar-refractivity contribution in [3.63, 3.8) is 0 Å². The molecule has 0 bridgehead atoms. The summed E-state index contributed by atoms with van der Waals surface area (Å²) in [7, 11) is 0. The Bertz CT molecular complexity index is 321. The standard InChI is InChI=1S/C12H19NO/c1-9-7-11(10(2)14-9)12(8-13)5-3-4-6-12/h7H,3-6,8,13H2,1-2H3. The van der Waals surface area contributed by atoms with Crippen molar-refractivity contribution in [2.24, 2.45) is 5.73 Å². The van der Waals surface area contributed by atoms with Gasteiger partial charge in [-0.2, -0.15) is 0 Å². The maximum absolute atomic E-state index is 5.94. The van der Waals surface area contributed by atoms with Gasteiger partial charge < -0.3 is 10.2 Å². The summed E-state index contributed by atoms with van der Waals surface area (Å²) in [6, 6.07) is 2.17. The predicted molar refractivity (Wildman–Crippen MR) is 57.4 cm³/mol. The van der Waals surface area contributed by atoms with Crippen LogP contribution in [0.3, 0.4) is 0 Å². The number of furan rings is 1. The Morgan fingerprint density at radius 1 is 1.36 bits per heavy atom. The first-order valence-electron chi connectivity index (χ1n) is 5.45. The Hall–Kier alpha value is -0.760. The molecule has 2 nitrogen and oxygen atoms in total. The van der Waals surface area contributed by atoms with Crippen LogP contribution < -0.4 is 5.73 Å². The molecule has 0 saturated heterocycles. The van der Waals surface area contributed by atoms with Crippen molar-refractivity contribution >= 4 is 0 Å². The van der Waals surface area contributed by atoms with E-state index in [2.05, 4.69) is 13.0 Å². The van der Waals surface area contributed by atoms with Gasteiger partial charge in [0, 0.05) is 17.5 Å². The second kappa shape index (κ2) is 3.43. The van der Waals surface area contributed by atoms with E-state index in [9.17, 15) is 0 Å². The van der Waals surface area contributed by atoms with Gasteiger partial charge in [-0.3, -0.25) is 0 Å². The molecule has 1 aliphatic carbocycles. The molecular weight excluding hydrogens is 174 g/mol. The Labute approximate surface area is 85.5 Å². The molecule has 0 amide bonds. The van der Waals surface area contributed by atoms with Crippen molar-refractivity contribution < 1.29 is 4.42 Å². The Morgan fingerprint density at radius 3 is 2.43 bits per heavy atom. The number of hydrogen-bond donors (Lipinski definition) is 1. The Morgan fingerprint density at radius 2 is 2.00 bits per heavy atom. The van der Waals surface area contributed by atoms with E-state index in [1.54, 1.807) is 0 Å². The molecule has 1 aliphatic rings. The zero-order valence-corrected chi connectivity index (χ0v) is 9.10. The van der Waals surface area contributed by atoms with Crippen LogP contribution in [0.2, 0.25) is 0 Å². The minimum atomic E-state index is 0.224. The van der Waals surface area contributed by atoms with Gasteiger partial charge in [0.2, 0.25) is 0 Å². The first-order chi connectivity index (χ1) is 6.68. The first kappa shape index (κ1) is 9.78. The first-order valence-corrected chi connectivity index (χ1v) is 5.45. The molecule has 1 saturated carbocycles. The summed E-state index contributed by atoms with van der Waals surface area (Å²) in [6.07, 6.45) is 5.06. The fraction of sp³-hybridized carbons (Fsp3) is 0.667. The normalized spacial score (nSPS) is 20.2. The minimum Gasteiger partial charge on any atom is -0.466 e. The van der Waals surface area contributed by atoms with E-state index in [-0.39, 0.29) is 5.41 Å². The highest BCUT2D eigenvalue weighted by Crippen LogP contribution is 2.42. The summed E-state index contributed by atoms with van der Waals surface area (Å²) in [5.74, 6) is 2.08. The highest BCUT2D eigenvalue weighted by atomic mass is 16.3. The third-order valence-corrected chi connectivity index (χ3v) is 3.56. The van der Waals surface area contributed by atoms with Gasteiger partial charge >= 0.3 is 0 Å². The maximum Gasteiger partial charge on any atom is 0.104 e. The molecule has 0 radical (unpaired) electrons. The fourth-order valence-electron chi connectivity index (χ4n) is 2.79. The number of aryl methyl sites for hydroxylation is 2. The van der Waals surface area contributed by atoms with Gasteiger partial charge in [0.15, 0.2) is 0 Å². The predicted octanol–water partition coefficient (Wildman–Crippen LogP) is 2.67. The molecule has 0 spiro atoms. The largest absolute Gasteiger partial charge is 0.466 e. The molecule has 2 heteroatoms. The van der Waals surface area contributed by atoms with Crippen LogP contribution in [0.15, 0.2) is 10.5 Å². The average Bonchev–Trinajstić information content (AvgIpc) is 2.73. The van der Waals surface area contributed by atoms with Gasteiger partial charge in [0.05, 0.1) is 0 Å². The molecular formula is C12H19NO. The lowest BCUT2D eigenvalue weighted by atomic mass is 9.79. The molecule has 0 atom stereocenters. The van der Waals surface area contributed by atoms with Crippen LogP contribution in [-0.2, 0) is 5.41 Å². The lowest BCUT2D eigenvalue weighted by Gasteiger charge is -2.26. The second-order valence-corrected chi connectivity index (χ2v) is 4.52. The van der Waals surface area contributed by atoms with Crippen molar-refractivity contribution in [1.82, 2.24) is 0 Å². The highest BCUT2D eigenvalue weighted by molar-refractivity contribution is 5.31. The van der Waals surface area contributed by atoms with Gasteiger partial charge in [0.25, 0.3) is 0 Å². The van der Waals surface area contributed by atoms with E-state index in [1.807, 2.05) is 6.92 Å². The van der Waals surface area contributed by atoms with Crippen molar-refractivity contribution in [2.75, 3.05) is 6.54 Å². The van der Waals surface area contributed by atoms with Crippen molar-refractivity contribution in [2.45, 2.75) is 44.9 Å². The molecule has 0 aliphatic heterocycles. The van der Waals surface area contributed by atoms with E-state index in [0.29, 0.717) is 0 Å². The van der Waals surface area contributed by atoms with Crippen LogP contribution in [0.25, 0.3) is 0 Å². The van der Waals surface area contributed by atoms with Crippen molar-refractivity contribution in [1.29, 1.82) is 0 Å². The minimum absolute atomic E-state index is 0.224. The van der Waals surface area contributed by atoms with E-state index in [1.165, 1.54) is 31.2 Å². The maximum atomic E-state index is 5.94. The molecule has 1 fully saturated rings. The summed E-state index contributed by atoms with van der Waals surface area (Å²) in [6.45, 7) is 4.82. The zero-order valence-electron chi connectivity index (χ0n) is 9.10. The van der Waals surface area contributed by atoms with Gasteiger partial charge in [-0.1, -0.05) is 12.8 Å². The van der Waals surface area contributed by atoms with E-state index in [0.717, 1.165) is 18.1 Å². The molecule has 2 rings (SSSR count).